The molecule has 0 aliphatic rings. The van der Waals surface area contributed by atoms with Crippen molar-refractivity contribution >= 4 is 11.4 Å². The lowest BCUT2D eigenvalue weighted by molar-refractivity contribution is 0.767. The van der Waals surface area contributed by atoms with Crippen molar-refractivity contribution in [2.75, 3.05) is 4.90 Å². The zero-order valence-electron chi connectivity index (χ0n) is 16.6. The summed E-state index contributed by atoms with van der Waals surface area (Å²) in [6, 6.07) is 14.0. The Morgan fingerprint density at radius 3 is 2.19 bits per heavy atom. The summed E-state index contributed by atoms with van der Waals surface area (Å²) in [5, 5.41) is 0. The SMILES string of the molecule is [2H]C([2H])([2H])c1cccc(C)c1N(c1ccccc1C(C)C)C(C)C. The molecule has 1 nitrogen and oxygen atoms in total. The molecule has 112 valence electrons. The molecule has 0 N–H and O–H groups in total. The minimum Gasteiger partial charge on any atom is -0.338 e. The molecule has 2 aromatic rings. The van der Waals surface area contributed by atoms with Crippen molar-refractivity contribution in [2.24, 2.45) is 0 Å². The van der Waals surface area contributed by atoms with Gasteiger partial charge in [-0.1, -0.05) is 50.2 Å². The van der Waals surface area contributed by atoms with E-state index < -0.39 is 6.85 Å². The predicted octanol–water partition coefficient (Wildman–Crippen LogP) is 5.97. The van der Waals surface area contributed by atoms with Crippen LogP contribution in [0.4, 0.5) is 11.4 Å². The molecule has 0 unspecified atom stereocenters. The van der Waals surface area contributed by atoms with Gasteiger partial charge in [0.1, 0.15) is 0 Å². The first-order chi connectivity index (χ1) is 11.1. The van der Waals surface area contributed by atoms with E-state index in [0.29, 0.717) is 11.5 Å². The second kappa shape index (κ2) is 6.34. The van der Waals surface area contributed by atoms with Crippen molar-refractivity contribution in [1.29, 1.82) is 0 Å². The summed E-state index contributed by atoms with van der Waals surface area (Å²) >= 11 is 0. The fraction of sp³-hybridized carbons (Fsp3) is 0.400. The molecule has 0 amide bonds. The van der Waals surface area contributed by atoms with E-state index in [2.05, 4.69) is 44.7 Å². The summed E-state index contributed by atoms with van der Waals surface area (Å²) in [6.07, 6.45) is 0. The Hall–Kier alpha value is -1.76. The van der Waals surface area contributed by atoms with E-state index in [4.69, 9.17) is 4.11 Å². The van der Waals surface area contributed by atoms with Gasteiger partial charge in [0, 0.05) is 21.5 Å². The van der Waals surface area contributed by atoms with E-state index in [0.717, 1.165) is 16.9 Å². The van der Waals surface area contributed by atoms with Crippen LogP contribution in [0.25, 0.3) is 0 Å². The predicted molar refractivity (Wildman–Crippen MR) is 93.7 cm³/mol. The first-order valence-corrected chi connectivity index (χ1v) is 7.62. The van der Waals surface area contributed by atoms with Crippen LogP contribution < -0.4 is 4.90 Å². The molecular weight excluding hydrogens is 254 g/mol. The van der Waals surface area contributed by atoms with Crippen LogP contribution in [0.3, 0.4) is 0 Å². The highest BCUT2D eigenvalue weighted by molar-refractivity contribution is 5.72. The highest BCUT2D eigenvalue weighted by atomic mass is 15.2. The van der Waals surface area contributed by atoms with Crippen molar-refractivity contribution in [3.63, 3.8) is 0 Å². The van der Waals surface area contributed by atoms with Crippen molar-refractivity contribution in [3.05, 3.63) is 59.2 Å². The van der Waals surface area contributed by atoms with Gasteiger partial charge in [-0.15, -0.1) is 0 Å². The quantitative estimate of drug-likeness (QED) is 0.668. The third-order valence-corrected chi connectivity index (χ3v) is 3.81. The summed E-state index contributed by atoms with van der Waals surface area (Å²) in [5.41, 5.74) is 4.51. The molecule has 0 saturated carbocycles. The molecule has 0 aliphatic carbocycles. The molecule has 0 spiro atoms. The number of anilines is 2. The summed E-state index contributed by atoms with van der Waals surface area (Å²) in [6.45, 7) is 8.39. The van der Waals surface area contributed by atoms with E-state index in [1.54, 1.807) is 6.07 Å². The Bertz CT molecular complexity index is 702. The number of hydrogen-bond acceptors (Lipinski definition) is 1. The van der Waals surface area contributed by atoms with Crippen LogP contribution in [-0.2, 0) is 0 Å². The van der Waals surface area contributed by atoms with Crippen LogP contribution in [0.2, 0.25) is 0 Å². The zero-order chi connectivity index (χ0) is 18.1. The Kier molecular flexibility index (Phi) is 3.58. The second-order valence-corrected chi connectivity index (χ2v) is 6.15. The lowest BCUT2D eigenvalue weighted by Crippen LogP contribution is -2.28. The third kappa shape index (κ3) is 3.12. The van der Waals surface area contributed by atoms with E-state index >= 15 is 0 Å². The van der Waals surface area contributed by atoms with Crippen molar-refractivity contribution in [3.8, 4) is 0 Å². The molecule has 2 rings (SSSR count). The Morgan fingerprint density at radius 2 is 1.57 bits per heavy atom. The summed E-state index contributed by atoms with van der Waals surface area (Å²) in [5.74, 6) is 0.364. The smallest absolute Gasteiger partial charge is 0.0472 e. The van der Waals surface area contributed by atoms with Crippen LogP contribution in [0.15, 0.2) is 42.5 Å². The maximum atomic E-state index is 7.95. The third-order valence-electron chi connectivity index (χ3n) is 3.81. The van der Waals surface area contributed by atoms with Crippen LogP contribution in [0.1, 0.15) is 54.4 Å². The van der Waals surface area contributed by atoms with Crippen molar-refractivity contribution in [2.45, 2.75) is 53.4 Å². The summed E-state index contributed by atoms with van der Waals surface area (Å²) in [4.78, 5) is 2.17. The van der Waals surface area contributed by atoms with Gasteiger partial charge in [0.2, 0.25) is 0 Å². The van der Waals surface area contributed by atoms with Gasteiger partial charge in [-0.25, -0.2) is 0 Å². The van der Waals surface area contributed by atoms with E-state index in [9.17, 15) is 0 Å². The van der Waals surface area contributed by atoms with E-state index in [1.807, 2.05) is 31.2 Å². The minimum atomic E-state index is -2.14. The lowest BCUT2D eigenvalue weighted by Gasteiger charge is -2.34. The number of rotatable bonds is 4. The number of benzene rings is 2. The first-order valence-electron chi connectivity index (χ1n) is 9.12. The van der Waals surface area contributed by atoms with Gasteiger partial charge in [-0.3, -0.25) is 0 Å². The monoisotopic (exact) mass is 284 g/mol. The van der Waals surface area contributed by atoms with E-state index in [1.165, 1.54) is 5.56 Å². The molecule has 21 heavy (non-hydrogen) atoms. The topological polar surface area (TPSA) is 3.24 Å². The average molecular weight is 284 g/mol. The second-order valence-electron chi connectivity index (χ2n) is 6.15. The van der Waals surface area contributed by atoms with Crippen LogP contribution in [-0.4, -0.2) is 6.04 Å². The molecule has 0 atom stereocenters. The fourth-order valence-electron chi connectivity index (χ4n) is 2.83. The Morgan fingerprint density at radius 1 is 0.905 bits per heavy atom. The molecule has 0 aliphatic heterocycles. The minimum absolute atomic E-state index is 0.145. The lowest BCUT2D eigenvalue weighted by atomic mass is 9.98. The molecule has 0 radical (unpaired) electrons. The number of para-hydroxylation sites is 2. The standard InChI is InChI=1S/C20H27N/c1-14(2)18-12-7-8-13-19(18)21(15(3)4)20-16(5)10-9-11-17(20)6/h7-15H,1-6H3/i5D3. The fourth-order valence-corrected chi connectivity index (χ4v) is 2.83. The molecule has 2 aromatic carbocycles. The highest BCUT2D eigenvalue weighted by Gasteiger charge is 2.20. The van der Waals surface area contributed by atoms with Crippen LogP contribution >= 0.6 is 0 Å². The summed E-state index contributed by atoms with van der Waals surface area (Å²) < 4.78 is 23.9. The molecule has 0 bridgehead atoms. The molecule has 1 heteroatoms. The molecule has 0 fully saturated rings. The van der Waals surface area contributed by atoms with Gasteiger partial charge in [0.15, 0.2) is 0 Å². The highest BCUT2D eigenvalue weighted by Crippen LogP contribution is 2.37. The maximum absolute atomic E-state index is 7.95. The van der Waals surface area contributed by atoms with Gasteiger partial charge in [0.05, 0.1) is 0 Å². The van der Waals surface area contributed by atoms with E-state index in [-0.39, 0.29) is 6.04 Å². The maximum Gasteiger partial charge on any atom is 0.0472 e. The number of hydrogen-bond donors (Lipinski definition) is 0. The van der Waals surface area contributed by atoms with Crippen molar-refractivity contribution < 1.29 is 4.11 Å². The largest absolute Gasteiger partial charge is 0.338 e. The van der Waals surface area contributed by atoms with Crippen LogP contribution in [0, 0.1) is 13.8 Å². The first kappa shape index (κ1) is 11.9. The van der Waals surface area contributed by atoms with Crippen LogP contribution in [0.5, 0.6) is 0 Å². The Balaban J connectivity index is 2.76. The molecule has 0 aromatic heterocycles. The van der Waals surface area contributed by atoms with Gasteiger partial charge in [-0.2, -0.15) is 0 Å². The number of aryl methyl sites for hydroxylation is 2. The summed E-state index contributed by atoms with van der Waals surface area (Å²) in [7, 11) is 0. The van der Waals surface area contributed by atoms with Gasteiger partial charge in [-0.05, 0) is 56.3 Å². The Labute approximate surface area is 133 Å². The van der Waals surface area contributed by atoms with Crippen molar-refractivity contribution in [1.82, 2.24) is 0 Å². The van der Waals surface area contributed by atoms with Gasteiger partial charge >= 0.3 is 0 Å². The average Bonchev–Trinajstić information content (AvgIpc) is 2.48. The normalized spacial score (nSPS) is 14.0. The zero-order valence-corrected chi connectivity index (χ0v) is 13.6. The molecule has 0 heterocycles. The molecule has 0 saturated heterocycles. The van der Waals surface area contributed by atoms with Gasteiger partial charge in [0.25, 0.3) is 0 Å². The molecular formula is C20H27N. The van der Waals surface area contributed by atoms with Gasteiger partial charge < -0.3 is 4.90 Å². The number of nitrogens with zero attached hydrogens (tertiary/aromatic N) is 1.